The first-order chi connectivity index (χ1) is 12.1. The van der Waals surface area contributed by atoms with Crippen LogP contribution in [0.5, 0.6) is 0 Å². The van der Waals surface area contributed by atoms with Gasteiger partial charge in [-0.3, -0.25) is 9.69 Å². The van der Waals surface area contributed by atoms with E-state index in [1.807, 2.05) is 20.0 Å². The van der Waals surface area contributed by atoms with Crippen LogP contribution in [0.25, 0.3) is 10.8 Å². The maximum Gasteiger partial charge on any atom is 0.237 e. The maximum absolute atomic E-state index is 12.8. The van der Waals surface area contributed by atoms with Crippen LogP contribution in [-0.4, -0.2) is 43.0 Å². The molecule has 1 aliphatic heterocycles. The highest BCUT2D eigenvalue weighted by molar-refractivity contribution is 5.87. The Bertz CT molecular complexity index is 725. The smallest absolute Gasteiger partial charge is 0.237 e. The standard InChI is InChI=1S/C21H29N3O/c1-15(19-12-6-9-17-8-4-5-11-20(17)19)23-21(25)16(2)24-13-7-10-18(14-24)22-3/h4-6,8-9,11-12,15-16,18,22H,7,10,13-14H2,1-3H3,(H,23,25). The molecule has 2 aromatic rings. The molecular formula is C21H29N3O. The minimum absolute atomic E-state index is 0.00839. The summed E-state index contributed by atoms with van der Waals surface area (Å²) in [6.07, 6.45) is 2.33. The van der Waals surface area contributed by atoms with Gasteiger partial charge in [0.2, 0.25) is 5.91 Å². The molecule has 0 saturated carbocycles. The molecule has 2 N–H and O–H groups in total. The highest BCUT2D eigenvalue weighted by Gasteiger charge is 2.27. The van der Waals surface area contributed by atoms with Gasteiger partial charge in [-0.15, -0.1) is 0 Å². The van der Waals surface area contributed by atoms with Crippen LogP contribution in [0.4, 0.5) is 0 Å². The first-order valence-electron chi connectivity index (χ1n) is 9.29. The third kappa shape index (κ3) is 4.02. The molecule has 3 rings (SSSR count). The third-order valence-corrected chi connectivity index (χ3v) is 5.44. The van der Waals surface area contributed by atoms with Crippen LogP contribution in [0.1, 0.15) is 38.3 Å². The summed E-state index contributed by atoms with van der Waals surface area (Å²) in [7, 11) is 2.00. The van der Waals surface area contributed by atoms with E-state index < -0.39 is 0 Å². The van der Waals surface area contributed by atoms with Gasteiger partial charge in [-0.25, -0.2) is 0 Å². The molecule has 4 nitrogen and oxygen atoms in total. The topological polar surface area (TPSA) is 44.4 Å². The van der Waals surface area contributed by atoms with Crippen molar-refractivity contribution in [3.63, 3.8) is 0 Å². The first kappa shape index (κ1) is 17.9. The molecule has 1 fully saturated rings. The van der Waals surface area contributed by atoms with E-state index in [2.05, 4.69) is 58.9 Å². The van der Waals surface area contributed by atoms with Crippen molar-refractivity contribution in [1.29, 1.82) is 0 Å². The van der Waals surface area contributed by atoms with Crippen molar-refractivity contribution in [2.24, 2.45) is 0 Å². The first-order valence-corrected chi connectivity index (χ1v) is 9.29. The number of rotatable bonds is 5. The fourth-order valence-corrected chi connectivity index (χ4v) is 3.80. The molecule has 0 radical (unpaired) electrons. The van der Waals surface area contributed by atoms with Crippen molar-refractivity contribution in [3.05, 3.63) is 48.0 Å². The van der Waals surface area contributed by atoms with Crippen molar-refractivity contribution < 1.29 is 4.79 Å². The number of likely N-dealkylation sites (N-methyl/N-ethyl adjacent to an activating group) is 1. The highest BCUT2D eigenvalue weighted by Crippen LogP contribution is 2.24. The molecule has 3 unspecified atom stereocenters. The number of benzene rings is 2. The lowest BCUT2D eigenvalue weighted by atomic mass is 9.99. The normalized spacial score (nSPS) is 21.0. The van der Waals surface area contributed by atoms with Crippen LogP contribution >= 0.6 is 0 Å². The number of carbonyl (C=O) groups excluding carboxylic acids is 1. The Labute approximate surface area is 150 Å². The predicted molar refractivity (Wildman–Crippen MR) is 104 cm³/mol. The lowest BCUT2D eigenvalue weighted by molar-refractivity contribution is -0.127. The van der Waals surface area contributed by atoms with E-state index in [4.69, 9.17) is 0 Å². The lowest BCUT2D eigenvalue weighted by Crippen LogP contribution is -2.52. The fourth-order valence-electron chi connectivity index (χ4n) is 3.80. The van der Waals surface area contributed by atoms with Gasteiger partial charge in [-0.05, 0) is 56.6 Å². The van der Waals surface area contributed by atoms with E-state index in [0.29, 0.717) is 6.04 Å². The van der Waals surface area contributed by atoms with Gasteiger partial charge in [0, 0.05) is 12.6 Å². The van der Waals surface area contributed by atoms with E-state index in [1.54, 1.807) is 0 Å². The Kier molecular flexibility index (Phi) is 5.71. The Morgan fingerprint density at radius 2 is 1.92 bits per heavy atom. The summed E-state index contributed by atoms with van der Waals surface area (Å²) >= 11 is 0. The monoisotopic (exact) mass is 339 g/mol. The minimum Gasteiger partial charge on any atom is -0.348 e. The molecule has 0 spiro atoms. The van der Waals surface area contributed by atoms with E-state index in [9.17, 15) is 4.79 Å². The van der Waals surface area contributed by atoms with Crippen molar-refractivity contribution in [1.82, 2.24) is 15.5 Å². The molecule has 1 amide bonds. The van der Waals surface area contributed by atoms with Crippen LogP contribution in [-0.2, 0) is 4.79 Å². The number of hydrogen-bond acceptors (Lipinski definition) is 3. The number of fused-ring (bicyclic) bond motifs is 1. The number of amides is 1. The largest absolute Gasteiger partial charge is 0.348 e. The molecule has 0 aliphatic carbocycles. The van der Waals surface area contributed by atoms with Crippen LogP contribution in [0.2, 0.25) is 0 Å². The lowest BCUT2D eigenvalue weighted by Gasteiger charge is -2.36. The van der Waals surface area contributed by atoms with Crippen molar-refractivity contribution in [3.8, 4) is 0 Å². The number of likely N-dealkylation sites (tertiary alicyclic amines) is 1. The zero-order valence-electron chi connectivity index (χ0n) is 15.5. The molecule has 2 aromatic carbocycles. The van der Waals surface area contributed by atoms with Gasteiger partial charge < -0.3 is 10.6 Å². The number of hydrogen-bond donors (Lipinski definition) is 2. The second-order valence-corrected chi connectivity index (χ2v) is 7.10. The summed E-state index contributed by atoms with van der Waals surface area (Å²) in [6.45, 7) is 6.02. The molecule has 1 heterocycles. The van der Waals surface area contributed by atoms with Crippen LogP contribution in [0.3, 0.4) is 0 Å². The Hall–Kier alpha value is -1.91. The zero-order chi connectivity index (χ0) is 17.8. The molecule has 0 bridgehead atoms. The number of piperidine rings is 1. The van der Waals surface area contributed by atoms with Crippen molar-refractivity contribution >= 4 is 16.7 Å². The molecule has 25 heavy (non-hydrogen) atoms. The van der Waals surface area contributed by atoms with Crippen molar-refractivity contribution in [2.45, 2.75) is 44.8 Å². The summed E-state index contributed by atoms with van der Waals surface area (Å²) in [4.78, 5) is 15.1. The average molecular weight is 339 g/mol. The summed E-state index contributed by atoms with van der Waals surface area (Å²) in [5.74, 6) is 0.109. The summed E-state index contributed by atoms with van der Waals surface area (Å²) in [5, 5.41) is 8.98. The second kappa shape index (κ2) is 7.98. The molecule has 0 aromatic heterocycles. The zero-order valence-corrected chi connectivity index (χ0v) is 15.5. The Balaban J connectivity index is 1.69. The van der Waals surface area contributed by atoms with Gasteiger partial charge in [-0.2, -0.15) is 0 Å². The molecule has 1 aliphatic rings. The molecule has 1 saturated heterocycles. The van der Waals surface area contributed by atoms with E-state index >= 15 is 0 Å². The number of nitrogens with zero attached hydrogens (tertiary/aromatic N) is 1. The molecule has 134 valence electrons. The van der Waals surface area contributed by atoms with E-state index in [1.165, 1.54) is 22.8 Å². The van der Waals surface area contributed by atoms with Gasteiger partial charge in [0.05, 0.1) is 12.1 Å². The molecule has 3 atom stereocenters. The summed E-state index contributed by atoms with van der Waals surface area (Å²) in [6, 6.07) is 15.0. The van der Waals surface area contributed by atoms with E-state index in [0.717, 1.165) is 19.5 Å². The van der Waals surface area contributed by atoms with Crippen LogP contribution in [0, 0.1) is 0 Å². The van der Waals surface area contributed by atoms with Crippen LogP contribution < -0.4 is 10.6 Å². The van der Waals surface area contributed by atoms with Gasteiger partial charge in [-0.1, -0.05) is 42.5 Å². The van der Waals surface area contributed by atoms with Gasteiger partial charge in [0.1, 0.15) is 0 Å². The summed E-state index contributed by atoms with van der Waals surface area (Å²) in [5.41, 5.74) is 1.17. The van der Waals surface area contributed by atoms with Crippen LogP contribution in [0.15, 0.2) is 42.5 Å². The van der Waals surface area contributed by atoms with E-state index in [-0.39, 0.29) is 18.0 Å². The number of nitrogens with one attached hydrogen (secondary N) is 2. The minimum atomic E-state index is -0.103. The molecule has 4 heteroatoms. The average Bonchev–Trinajstić information content (AvgIpc) is 2.66. The fraction of sp³-hybridized carbons (Fsp3) is 0.476. The SMILES string of the molecule is CNC1CCCN(C(C)C(=O)NC(C)c2cccc3ccccc23)C1. The quantitative estimate of drug-likeness (QED) is 0.880. The third-order valence-electron chi connectivity index (χ3n) is 5.44. The Morgan fingerprint density at radius 3 is 2.72 bits per heavy atom. The second-order valence-electron chi connectivity index (χ2n) is 7.10. The predicted octanol–water partition coefficient (Wildman–Crippen LogP) is 3.09. The summed E-state index contributed by atoms with van der Waals surface area (Å²) < 4.78 is 0. The highest BCUT2D eigenvalue weighted by atomic mass is 16.2. The molecular weight excluding hydrogens is 310 g/mol. The van der Waals surface area contributed by atoms with Gasteiger partial charge in [0.15, 0.2) is 0 Å². The van der Waals surface area contributed by atoms with Crippen molar-refractivity contribution in [2.75, 3.05) is 20.1 Å². The van der Waals surface area contributed by atoms with Gasteiger partial charge >= 0.3 is 0 Å². The Morgan fingerprint density at radius 1 is 1.16 bits per heavy atom. The maximum atomic E-state index is 12.8. The number of carbonyl (C=O) groups is 1. The van der Waals surface area contributed by atoms with Gasteiger partial charge in [0.25, 0.3) is 0 Å².